The highest BCUT2D eigenvalue weighted by atomic mass is 16.5. The highest BCUT2D eigenvalue weighted by molar-refractivity contribution is 6.10. The summed E-state index contributed by atoms with van der Waals surface area (Å²) in [5, 5.41) is 0. The van der Waals surface area contributed by atoms with E-state index >= 15 is 0 Å². The van der Waals surface area contributed by atoms with Gasteiger partial charge >= 0.3 is 0 Å². The lowest BCUT2D eigenvalue weighted by Crippen LogP contribution is -2.37. The lowest BCUT2D eigenvalue weighted by atomic mass is 9.79. The number of ketones is 1. The number of hydrogen-bond acceptors (Lipinski definition) is 6. The highest BCUT2D eigenvalue weighted by Gasteiger charge is 2.32. The number of aromatic nitrogens is 4. The van der Waals surface area contributed by atoms with E-state index in [4.69, 9.17) is 9.72 Å². The number of fused-ring (bicyclic) bond motifs is 1. The molecule has 1 atom stereocenters. The van der Waals surface area contributed by atoms with Gasteiger partial charge in [-0.15, -0.1) is 0 Å². The van der Waals surface area contributed by atoms with Crippen molar-refractivity contribution in [2.45, 2.75) is 18.8 Å². The average molecular weight is 504 g/mol. The van der Waals surface area contributed by atoms with E-state index in [0.29, 0.717) is 17.0 Å². The summed E-state index contributed by atoms with van der Waals surface area (Å²) >= 11 is 0. The highest BCUT2D eigenvalue weighted by Crippen LogP contribution is 2.38. The second-order valence-corrected chi connectivity index (χ2v) is 9.67. The van der Waals surface area contributed by atoms with Gasteiger partial charge in [0.05, 0.1) is 18.1 Å². The topological polar surface area (TPSA) is 84.0 Å². The molecular weight excluding hydrogens is 474 g/mol. The van der Waals surface area contributed by atoms with Gasteiger partial charge in [0.25, 0.3) is 0 Å². The van der Waals surface area contributed by atoms with Crippen LogP contribution in [0.5, 0.6) is 5.75 Å². The van der Waals surface area contributed by atoms with Crippen LogP contribution in [0.25, 0.3) is 11.0 Å². The number of hydrogen-bond donors (Lipinski definition) is 1. The zero-order valence-electron chi connectivity index (χ0n) is 21.2. The minimum atomic E-state index is 0.00542. The van der Waals surface area contributed by atoms with Gasteiger partial charge in [-0.05, 0) is 60.7 Å². The first-order valence-electron chi connectivity index (χ1n) is 12.9. The predicted molar refractivity (Wildman–Crippen MR) is 148 cm³/mol. The smallest absolute Gasteiger partial charge is 0.225 e. The minimum Gasteiger partial charge on any atom is -0.497 e. The van der Waals surface area contributed by atoms with Crippen molar-refractivity contribution in [3.8, 4) is 5.75 Å². The molecule has 7 nitrogen and oxygen atoms in total. The number of rotatable bonds is 7. The third kappa shape index (κ3) is 4.75. The maximum atomic E-state index is 13.0. The van der Waals surface area contributed by atoms with Crippen molar-refractivity contribution in [1.82, 2.24) is 19.9 Å². The molecule has 2 aromatic heterocycles. The van der Waals surface area contributed by atoms with Crippen LogP contribution in [0.15, 0.2) is 91.3 Å². The zero-order valence-corrected chi connectivity index (χ0v) is 21.2. The Labute approximate surface area is 221 Å². The summed E-state index contributed by atoms with van der Waals surface area (Å²) in [6, 6.07) is 25.2. The van der Waals surface area contributed by atoms with Gasteiger partial charge in [0.1, 0.15) is 11.6 Å². The number of H-pyrrole nitrogens is 1. The fourth-order valence-corrected chi connectivity index (χ4v) is 5.43. The molecule has 0 radical (unpaired) electrons. The number of piperidine rings is 1. The Kier molecular flexibility index (Phi) is 6.56. The molecule has 6 rings (SSSR count). The molecule has 7 heteroatoms. The Hall–Kier alpha value is -4.52. The van der Waals surface area contributed by atoms with Gasteiger partial charge in [-0.3, -0.25) is 4.79 Å². The lowest BCUT2D eigenvalue weighted by Gasteiger charge is -2.35. The molecule has 1 saturated heterocycles. The second kappa shape index (κ2) is 10.5. The summed E-state index contributed by atoms with van der Waals surface area (Å²) in [7, 11) is 1.68. The third-order valence-electron chi connectivity index (χ3n) is 7.41. The van der Waals surface area contributed by atoms with Crippen LogP contribution >= 0.6 is 0 Å². The van der Waals surface area contributed by atoms with E-state index in [2.05, 4.69) is 32.0 Å². The Balaban J connectivity index is 1.32. The number of anilines is 1. The van der Waals surface area contributed by atoms with Crippen LogP contribution in [0.4, 0.5) is 5.95 Å². The monoisotopic (exact) mass is 503 g/mol. The van der Waals surface area contributed by atoms with Crippen LogP contribution in [-0.2, 0) is 0 Å². The fraction of sp³-hybridized carbons (Fsp3) is 0.226. The molecule has 0 aliphatic carbocycles. The van der Waals surface area contributed by atoms with Gasteiger partial charge in [0, 0.05) is 42.5 Å². The summed E-state index contributed by atoms with van der Waals surface area (Å²) in [6.07, 6.45) is 5.56. The molecule has 1 aliphatic rings. The van der Waals surface area contributed by atoms with Crippen LogP contribution in [0.3, 0.4) is 0 Å². The Morgan fingerprint density at radius 3 is 2.37 bits per heavy atom. The van der Waals surface area contributed by atoms with E-state index < -0.39 is 0 Å². The lowest BCUT2D eigenvalue weighted by molar-refractivity contribution is 0.103. The van der Waals surface area contributed by atoms with Crippen molar-refractivity contribution in [2.24, 2.45) is 5.92 Å². The van der Waals surface area contributed by atoms with Crippen molar-refractivity contribution in [1.29, 1.82) is 0 Å². The van der Waals surface area contributed by atoms with Gasteiger partial charge in [-0.1, -0.05) is 42.5 Å². The SMILES string of the molecule is COc1ccc(C(c2nc3ccc(C(=O)c4ccccc4)cc3[nH]2)C2CCN(c3ncccn3)CC2)cc1. The molecule has 38 heavy (non-hydrogen) atoms. The number of aromatic amines is 1. The first-order chi connectivity index (χ1) is 18.7. The van der Waals surface area contributed by atoms with Crippen molar-refractivity contribution >= 4 is 22.8 Å². The average Bonchev–Trinajstić information content (AvgIpc) is 3.41. The van der Waals surface area contributed by atoms with Crippen molar-refractivity contribution in [3.63, 3.8) is 0 Å². The maximum Gasteiger partial charge on any atom is 0.225 e. The molecule has 190 valence electrons. The number of nitrogens with one attached hydrogen (secondary N) is 1. The first-order valence-corrected chi connectivity index (χ1v) is 12.9. The number of methoxy groups -OCH3 is 1. The van der Waals surface area contributed by atoms with Gasteiger partial charge in [-0.2, -0.15) is 0 Å². The number of ether oxygens (including phenoxy) is 1. The normalized spacial score (nSPS) is 14.9. The summed E-state index contributed by atoms with van der Waals surface area (Å²) in [6.45, 7) is 1.77. The molecule has 3 aromatic carbocycles. The standard InChI is InChI=1S/C31H29N5O2/c1-38-25-11-8-21(9-12-25)28(22-14-18-36(19-15-22)31-32-16-5-17-33-31)30-34-26-13-10-24(20-27(26)35-30)29(37)23-6-3-2-4-7-23/h2-13,16-17,20,22,28H,14-15,18-19H2,1H3,(H,34,35). The van der Waals surface area contributed by atoms with Gasteiger partial charge in [0.15, 0.2) is 5.78 Å². The molecule has 1 N–H and O–H groups in total. The number of imidazole rings is 1. The number of carbonyl (C=O) groups excluding carboxylic acids is 1. The van der Waals surface area contributed by atoms with Crippen LogP contribution in [-0.4, -0.2) is 45.9 Å². The Morgan fingerprint density at radius 1 is 0.921 bits per heavy atom. The molecule has 1 fully saturated rings. The molecule has 1 aliphatic heterocycles. The van der Waals surface area contributed by atoms with Gasteiger partial charge < -0.3 is 14.6 Å². The fourth-order valence-electron chi connectivity index (χ4n) is 5.43. The second-order valence-electron chi connectivity index (χ2n) is 9.67. The quantitative estimate of drug-likeness (QED) is 0.289. The summed E-state index contributed by atoms with van der Waals surface area (Å²) in [4.78, 5) is 32.8. The number of benzene rings is 3. The van der Waals surface area contributed by atoms with Crippen LogP contribution in [0, 0.1) is 5.92 Å². The summed E-state index contributed by atoms with van der Waals surface area (Å²) in [5.41, 5.74) is 4.25. The van der Waals surface area contributed by atoms with Crippen molar-refractivity contribution < 1.29 is 9.53 Å². The largest absolute Gasteiger partial charge is 0.497 e. The molecule has 0 saturated carbocycles. The summed E-state index contributed by atoms with van der Waals surface area (Å²) < 4.78 is 5.41. The predicted octanol–water partition coefficient (Wildman–Crippen LogP) is 5.64. The van der Waals surface area contributed by atoms with Crippen LogP contribution in [0.1, 0.15) is 46.1 Å². The Morgan fingerprint density at radius 2 is 1.66 bits per heavy atom. The molecular formula is C31H29N5O2. The first kappa shape index (κ1) is 23.9. The molecule has 3 heterocycles. The third-order valence-corrected chi connectivity index (χ3v) is 7.41. The van der Waals surface area contributed by atoms with E-state index in [-0.39, 0.29) is 11.7 Å². The van der Waals surface area contributed by atoms with Gasteiger partial charge in [-0.25, -0.2) is 15.0 Å². The van der Waals surface area contributed by atoms with Crippen molar-refractivity contribution in [3.05, 3.63) is 114 Å². The van der Waals surface area contributed by atoms with Gasteiger partial charge in [0.2, 0.25) is 5.95 Å². The molecule has 0 bridgehead atoms. The van der Waals surface area contributed by atoms with E-state index in [1.807, 2.05) is 66.7 Å². The molecule has 0 spiro atoms. The molecule has 1 unspecified atom stereocenters. The van der Waals surface area contributed by atoms with Crippen molar-refractivity contribution in [2.75, 3.05) is 25.1 Å². The zero-order chi connectivity index (χ0) is 25.9. The van der Waals surface area contributed by atoms with E-state index in [1.165, 1.54) is 5.56 Å². The van der Waals surface area contributed by atoms with Crippen LogP contribution in [0.2, 0.25) is 0 Å². The number of carbonyl (C=O) groups is 1. The molecule has 0 amide bonds. The van der Waals surface area contributed by atoms with E-state index in [0.717, 1.165) is 54.5 Å². The Bertz CT molecular complexity index is 1530. The maximum absolute atomic E-state index is 13.0. The van der Waals surface area contributed by atoms with Crippen LogP contribution < -0.4 is 9.64 Å². The van der Waals surface area contributed by atoms with E-state index in [9.17, 15) is 4.79 Å². The minimum absolute atomic E-state index is 0.00542. The number of nitrogens with zero attached hydrogens (tertiary/aromatic N) is 4. The van der Waals surface area contributed by atoms with E-state index in [1.54, 1.807) is 19.5 Å². The summed E-state index contributed by atoms with van der Waals surface area (Å²) in [5.74, 6) is 3.01. The molecule has 5 aromatic rings.